The third kappa shape index (κ3) is 3.54. The van der Waals surface area contributed by atoms with E-state index in [1.165, 1.54) is 35.2 Å². The molecule has 1 unspecified atom stereocenters. The standard InChI is InChI=1S/C18H24N2S/c1-14-10-15(2)12-17(11-14)18(16-4-9-21-13-16)20-7-3-5-19-6-8-20/h4,9-13,18-19H,3,5-8H2,1-2H3. The first kappa shape index (κ1) is 14.8. The summed E-state index contributed by atoms with van der Waals surface area (Å²) in [7, 11) is 0. The van der Waals surface area contributed by atoms with Crippen LogP contribution in [0, 0.1) is 13.8 Å². The second kappa shape index (κ2) is 6.73. The molecule has 0 radical (unpaired) electrons. The minimum atomic E-state index is 0.398. The lowest BCUT2D eigenvalue weighted by atomic mass is 9.96. The molecule has 3 heteroatoms. The molecule has 0 aliphatic carbocycles. The molecule has 1 N–H and O–H groups in total. The van der Waals surface area contributed by atoms with Gasteiger partial charge in [-0.3, -0.25) is 4.90 Å². The van der Waals surface area contributed by atoms with Gasteiger partial charge in [-0.05, 0) is 54.8 Å². The third-order valence-electron chi connectivity index (χ3n) is 4.16. The Labute approximate surface area is 131 Å². The van der Waals surface area contributed by atoms with Gasteiger partial charge in [0.1, 0.15) is 0 Å². The van der Waals surface area contributed by atoms with Crippen LogP contribution in [0.15, 0.2) is 35.0 Å². The lowest BCUT2D eigenvalue weighted by Crippen LogP contribution is -2.32. The van der Waals surface area contributed by atoms with Crippen molar-refractivity contribution in [3.05, 3.63) is 57.3 Å². The van der Waals surface area contributed by atoms with E-state index in [1.54, 1.807) is 11.3 Å². The maximum absolute atomic E-state index is 3.51. The molecular weight excluding hydrogens is 276 g/mol. The largest absolute Gasteiger partial charge is 0.315 e. The summed E-state index contributed by atoms with van der Waals surface area (Å²) in [6.45, 7) is 8.91. The van der Waals surface area contributed by atoms with E-state index >= 15 is 0 Å². The van der Waals surface area contributed by atoms with E-state index in [0.29, 0.717) is 6.04 Å². The van der Waals surface area contributed by atoms with E-state index in [1.807, 2.05) is 0 Å². The molecule has 2 nitrogen and oxygen atoms in total. The van der Waals surface area contributed by atoms with Crippen LogP contribution in [-0.4, -0.2) is 31.1 Å². The maximum Gasteiger partial charge on any atom is 0.0610 e. The molecule has 1 atom stereocenters. The van der Waals surface area contributed by atoms with Crippen molar-refractivity contribution in [3.63, 3.8) is 0 Å². The van der Waals surface area contributed by atoms with Crippen LogP contribution in [0.1, 0.15) is 34.7 Å². The van der Waals surface area contributed by atoms with E-state index in [0.717, 1.165) is 19.6 Å². The molecule has 0 bridgehead atoms. The second-order valence-corrected chi connectivity index (χ2v) is 6.80. The van der Waals surface area contributed by atoms with Crippen LogP contribution in [0.3, 0.4) is 0 Å². The van der Waals surface area contributed by atoms with Crippen molar-refractivity contribution >= 4 is 11.3 Å². The molecule has 1 aliphatic heterocycles. The third-order valence-corrected chi connectivity index (χ3v) is 4.86. The average Bonchev–Trinajstić information content (AvgIpc) is 2.81. The summed E-state index contributed by atoms with van der Waals surface area (Å²) in [5, 5.41) is 8.01. The molecule has 1 fully saturated rings. The Morgan fingerprint density at radius 3 is 2.57 bits per heavy atom. The van der Waals surface area contributed by atoms with Crippen molar-refractivity contribution in [1.29, 1.82) is 0 Å². The molecule has 112 valence electrons. The summed E-state index contributed by atoms with van der Waals surface area (Å²) in [6.07, 6.45) is 1.23. The lowest BCUT2D eigenvalue weighted by molar-refractivity contribution is 0.241. The molecule has 1 saturated heterocycles. The highest BCUT2D eigenvalue weighted by molar-refractivity contribution is 7.08. The van der Waals surface area contributed by atoms with Gasteiger partial charge in [0.15, 0.2) is 0 Å². The number of hydrogen-bond donors (Lipinski definition) is 1. The maximum atomic E-state index is 3.51. The Balaban J connectivity index is 1.99. The Morgan fingerprint density at radius 1 is 1.05 bits per heavy atom. The molecule has 1 aromatic heterocycles. The highest BCUT2D eigenvalue weighted by Gasteiger charge is 2.23. The van der Waals surface area contributed by atoms with Gasteiger partial charge in [-0.2, -0.15) is 11.3 Å². The van der Waals surface area contributed by atoms with Crippen LogP contribution in [-0.2, 0) is 0 Å². The minimum absolute atomic E-state index is 0.398. The average molecular weight is 300 g/mol. The van der Waals surface area contributed by atoms with E-state index in [2.05, 4.69) is 59.1 Å². The zero-order chi connectivity index (χ0) is 14.7. The first-order chi connectivity index (χ1) is 10.2. The minimum Gasteiger partial charge on any atom is -0.315 e. The van der Waals surface area contributed by atoms with Crippen LogP contribution in [0.4, 0.5) is 0 Å². The van der Waals surface area contributed by atoms with Crippen molar-refractivity contribution in [3.8, 4) is 0 Å². The normalized spacial score (nSPS) is 18.4. The molecule has 21 heavy (non-hydrogen) atoms. The molecule has 0 amide bonds. The van der Waals surface area contributed by atoms with Crippen LogP contribution in [0.25, 0.3) is 0 Å². The van der Waals surface area contributed by atoms with Gasteiger partial charge in [0, 0.05) is 19.6 Å². The molecule has 0 saturated carbocycles. The van der Waals surface area contributed by atoms with Crippen molar-refractivity contribution in [1.82, 2.24) is 10.2 Å². The van der Waals surface area contributed by atoms with Crippen LogP contribution < -0.4 is 5.32 Å². The summed E-state index contributed by atoms with van der Waals surface area (Å²) >= 11 is 1.80. The van der Waals surface area contributed by atoms with E-state index in [-0.39, 0.29) is 0 Å². The van der Waals surface area contributed by atoms with Crippen LogP contribution in [0.5, 0.6) is 0 Å². The number of nitrogens with one attached hydrogen (secondary N) is 1. The monoisotopic (exact) mass is 300 g/mol. The zero-order valence-electron chi connectivity index (χ0n) is 12.9. The van der Waals surface area contributed by atoms with Crippen molar-refractivity contribution < 1.29 is 0 Å². The summed E-state index contributed by atoms with van der Waals surface area (Å²) in [6, 6.07) is 9.65. The topological polar surface area (TPSA) is 15.3 Å². The van der Waals surface area contributed by atoms with Crippen LogP contribution >= 0.6 is 11.3 Å². The molecule has 1 aromatic carbocycles. The summed E-state index contributed by atoms with van der Waals surface area (Å²) in [5.41, 5.74) is 5.59. The van der Waals surface area contributed by atoms with Crippen molar-refractivity contribution in [2.45, 2.75) is 26.3 Å². The van der Waals surface area contributed by atoms with E-state index < -0.39 is 0 Å². The fraction of sp³-hybridized carbons (Fsp3) is 0.444. The Morgan fingerprint density at radius 2 is 1.86 bits per heavy atom. The van der Waals surface area contributed by atoms with Gasteiger partial charge in [0.05, 0.1) is 6.04 Å². The zero-order valence-corrected chi connectivity index (χ0v) is 13.7. The quantitative estimate of drug-likeness (QED) is 0.928. The van der Waals surface area contributed by atoms with Crippen LogP contribution in [0.2, 0.25) is 0 Å². The lowest BCUT2D eigenvalue weighted by Gasteiger charge is -2.31. The van der Waals surface area contributed by atoms with Gasteiger partial charge in [-0.1, -0.05) is 29.3 Å². The Hall–Kier alpha value is -1.16. The summed E-state index contributed by atoms with van der Waals surface area (Å²) in [5.74, 6) is 0. The number of thiophene rings is 1. The molecule has 1 aliphatic rings. The molecule has 3 rings (SSSR count). The van der Waals surface area contributed by atoms with Crippen molar-refractivity contribution in [2.24, 2.45) is 0 Å². The highest BCUT2D eigenvalue weighted by atomic mass is 32.1. The van der Waals surface area contributed by atoms with Gasteiger partial charge >= 0.3 is 0 Å². The molecular formula is C18H24N2S. The van der Waals surface area contributed by atoms with Gasteiger partial charge in [-0.25, -0.2) is 0 Å². The van der Waals surface area contributed by atoms with Gasteiger partial charge in [0.2, 0.25) is 0 Å². The van der Waals surface area contributed by atoms with Gasteiger partial charge in [-0.15, -0.1) is 0 Å². The van der Waals surface area contributed by atoms with Gasteiger partial charge < -0.3 is 5.32 Å². The molecule has 0 spiro atoms. The number of hydrogen-bond acceptors (Lipinski definition) is 3. The fourth-order valence-corrected chi connectivity index (χ4v) is 4.02. The SMILES string of the molecule is Cc1cc(C)cc(C(c2ccsc2)N2CCCNCC2)c1. The fourth-order valence-electron chi connectivity index (χ4n) is 3.34. The van der Waals surface area contributed by atoms with Gasteiger partial charge in [0.25, 0.3) is 0 Å². The number of benzene rings is 1. The number of rotatable bonds is 3. The Bertz CT molecular complexity index is 549. The number of nitrogens with zero attached hydrogens (tertiary/aromatic N) is 1. The number of aryl methyl sites for hydroxylation is 2. The molecule has 2 heterocycles. The van der Waals surface area contributed by atoms with E-state index in [9.17, 15) is 0 Å². The first-order valence-electron chi connectivity index (χ1n) is 7.79. The predicted octanol–water partition coefficient (Wildman–Crippen LogP) is 3.75. The highest BCUT2D eigenvalue weighted by Crippen LogP contribution is 2.31. The second-order valence-electron chi connectivity index (χ2n) is 6.02. The summed E-state index contributed by atoms with van der Waals surface area (Å²) in [4.78, 5) is 2.64. The first-order valence-corrected chi connectivity index (χ1v) is 8.73. The van der Waals surface area contributed by atoms with Crippen molar-refractivity contribution in [2.75, 3.05) is 26.2 Å². The smallest absolute Gasteiger partial charge is 0.0610 e. The van der Waals surface area contributed by atoms with E-state index in [4.69, 9.17) is 0 Å². The molecule has 2 aromatic rings. The Kier molecular flexibility index (Phi) is 4.73. The summed E-state index contributed by atoms with van der Waals surface area (Å²) < 4.78 is 0. The predicted molar refractivity (Wildman–Crippen MR) is 91.1 cm³/mol.